The maximum Gasteiger partial charge on any atom is 0.188 e. The van der Waals surface area contributed by atoms with Crippen molar-refractivity contribution in [2.45, 2.75) is 39.5 Å². The van der Waals surface area contributed by atoms with Crippen LogP contribution in [0.3, 0.4) is 0 Å². The molecule has 0 spiro atoms. The molecular weight excluding hydrogens is 181 g/mol. The van der Waals surface area contributed by atoms with Gasteiger partial charge >= 0.3 is 0 Å². The van der Waals surface area contributed by atoms with Crippen LogP contribution in [0.1, 0.15) is 45.2 Å². The number of hydrogen-bond donors (Lipinski definition) is 2. The van der Waals surface area contributed by atoms with E-state index >= 15 is 0 Å². The molecule has 0 aliphatic heterocycles. The summed E-state index contributed by atoms with van der Waals surface area (Å²) >= 11 is 0. The van der Waals surface area contributed by atoms with Crippen molar-refractivity contribution in [2.75, 3.05) is 5.73 Å². The van der Waals surface area contributed by atoms with Crippen LogP contribution in [0.25, 0.3) is 0 Å². The molecule has 1 rings (SSSR count). The highest BCUT2D eigenvalue weighted by Gasteiger charge is 2.19. The summed E-state index contributed by atoms with van der Waals surface area (Å²) < 4.78 is 13.4. The number of nitrogen functional groups attached to an aromatic ring is 1. The quantitative estimate of drug-likeness (QED) is 0.783. The second-order valence-electron chi connectivity index (χ2n) is 4.07. The number of aromatic nitrogens is 2. The zero-order valence-electron chi connectivity index (χ0n) is 8.97. The van der Waals surface area contributed by atoms with Crippen molar-refractivity contribution in [1.29, 1.82) is 0 Å². The van der Waals surface area contributed by atoms with Gasteiger partial charge in [-0.1, -0.05) is 20.8 Å². The summed E-state index contributed by atoms with van der Waals surface area (Å²) in [5.74, 6) is 0.336. The second kappa shape index (κ2) is 4.44. The number of nitrogens with one attached hydrogen (secondary N) is 1. The molecule has 1 aromatic heterocycles. The molecule has 3 nitrogen and oxygen atoms in total. The number of H-pyrrole nitrogens is 1. The van der Waals surface area contributed by atoms with Crippen LogP contribution in [0, 0.1) is 11.7 Å². The average molecular weight is 199 g/mol. The lowest BCUT2D eigenvalue weighted by atomic mass is 9.92. The number of hydrogen-bond acceptors (Lipinski definition) is 2. The first kappa shape index (κ1) is 11.0. The highest BCUT2D eigenvalue weighted by Crippen LogP contribution is 2.28. The topological polar surface area (TPSA) is 54.7 Å². The molecular formula is C10H18FN3. The SMILES string of the molecule is CCC(CC(C)C)c1[nH]nc(N)c1F. The normalized spacial score (nSPS) is 13.5. The Morgan fingerprint density at radius 3 is 2.50 bits per heavy atom. The van der Waals surface area contributed by atoms with Gasteiger partial charge in [-0.25, -0.2) is 4.39 Å². The highest BCUT2D eigenvalue weighted by molar-refractivity contribution is 5.33. The van der Waals surface area contributed by atoms with Crippen LogP contribution in [-0.4, -0.2) is 10.2 Å². The van der Waals surface area contributed by atoms with Crippen LogP contribution in [0.2, 0.25) is 0 Å². The van der Waals surface area contributed by atoms with E-state index in [9.17, 15) is 4.39 Å². The summed E-state index contributed by atoms with van der Waals surface area (Å²) in [6, 6.07) is 0. The molecule has 80 valence electrons. The Kier molecular flexibility index (Phi) is 3.49. The maximum absolute atomic E-state index is 13.4. The van der Waals surface area contributed by atoms with Gasteiger partial charge in [-0.3, -0.25) is 5.10 Å². The predicted octanol–water partition coefficient (Wildman–Crippen LogP) is 2.67. The predicted molar refractivity (Wildman–Crippen MR) is 55.4 cm³/mol. The Morgan fingerprint density at radius 2 is 2.14 bits per heavy atom. The van der Waals surface area contributed by atoms with Crippen molar-refractivity contribution < 1.29 is 4.39 Å². The standard InChI is InChI=1S/C10H18FN3/c1-4-7(5-6(2)3)9-8(11)10(12)14-13-9/h6-7H,4-5H2,1-3H3,(H3,12,13,14). The Hall–Kier alpha value is -1.06. The van der Waals surface area contributed by atoms with E-state index in [1.165, 1.54) is 0 Å². The Labute approximate surface area is 83.9 Å². The van der Waals surface area contributed by atoms with E-state index in [1.807, 2.05) is 6.92 Å². The van der Waals surface area contributed by atoms with E-state index in [4.69, 9.17) is 5.73 Å². The third-order valence-corrected chi connectivity index (χ3v) is 2.42. The Balaban J connectivity index is 2.84. The molecule has 1 unspecified atom stereocenters. The summed E-state index contributed by atoms with van der Waals surface area (Å²) in [4.78, 5) is 0. The summed E-state index contributed by atoms with van der Waals surface area (Å²) in [5.41, 5.74) is 5.90. The molecule has 0 aromatic carbocycles. The molecule has 1 heterocycles. The molecule has 0 saturated carbocycles. The molecule has 0 radical (unpaired) electrons. The third kappa shape index (κ3) is 2.25. The molecule has 3 N–H and O–H groups in total. The first-order valence-corrected chi connectivity index (χ1v) is 5.05. The van der Waals surface area contributed by atoms with Gasteiger partial charge in [0.2, 0.25) is 0 Å². The summed E-state index contributed by atoms with van der Waals surface area (Å²) in [6.45, 7) is 6.30. The minimum atomic E-state index is -0.377. The van der Waals surface area contributed by atoms with Crippen LogP contribution in [0.4, 0.5) is 10.2 Å². The number of anilines is 1. The van der Waals surface area contributed by atoms with Crippen molar-refractivity contribution in [3.8, 4) is 0 Å². The average Bonchev–Trinajstić information content (AvgIpc) is 2.44. The van der Waals surface area contributed by atoms with Gasteiger partial charge in [-0.15, -0.1) is 0 Å². The highest BCUT2D eigenvalue weighted by atomic mass is 19.1. The lowest BCUT2D eigenvalue weighted by molar-refractivity contribution is 0.463. The minimum absolute atomic E-state index is 0.0257. The van der Waals surface area contributed by atoms with Gasteiger partial charge in [0.05, 0.1) is 5.69 Å². The Bertz CT molecular complexity index is 294. The summed E-state index contributed by atoms with van der Waals surface area (Å²) in [7, 11) is 0. The van der Waals surface area contributed by atoms with Crippen molar-refractivity contribution in [2.24, 2.45) is 5.92 Å². The molecule has 0 saturated heterocycles. The summed E-state index contributed by atoms with van der Waals surface area (Å²) in [5, 5.41) is 6.35. The van der Waals surface area contributed by atoms with Crippen LogP contribution >= 0.6 is 0 Å². The summed E-state index contributed by atoms with van der Waals surface area (Å²) in [6.07, 6.45) is 1.85. The molecule has 1 aromatic rings. The number of rotatable bonds is 4. The van der Waals surface area contributed by atoms with Crippen molar-refractivity contribution >= 4 is 5.82 Å². The van der Waals surface area contributed by atoms with E-state index < -0.39 is 0 Å². The van der Waals surface area contributed by atoms with Gasteiger partial charge in [0.1, 0.15) is 0 Å². The molecule has 0 bridgehead atoms. The zero-order valence-corrected chi connectivity index (χ0v) is 8.97. The molecule has 0 aliphatic carbocycles. The van der Waals surface area contributed by atoms with E-state index in [0.29, 0.717) is 11.6 Å². The van der Waals surface area contributed by atoms with Gasteiger partial charge in [-0.2, -0.15) is 5.10 Å². The van der Waals surface area contributed by atoms with Crippen LogP contribution in [0.5, 0.6) is 0 Å². The third-order valence-electron chi connectivity index (χ3n) is 2.42. The van der Waals surface area contributed by atoms with Crippen molar-refractivity contribution in [3.63, 3.8) is 0 Å². The molecule has 1 atom stereocenters. The number of nitrogens with zero attached hydrogens (tertiary/aromatic N) is 1. The number of aromatic amines is 1. The fourth-order valence-electron chi connectivity index (χ4n) is 1.68. The fraction of sp³-hybridized carbons (Fsp3) is 0.700. The minimum Gasteiger partial charge on any atom is -0.380 e. The lowest BCUT2D eigenvalue weighted by Gasteiger charge is -2.15. The lowest BCUT2D eigenvalue weighted by Crippen LogP contribution is -2.04. The number of halogens is 1. The van der Waals surface area contributed by atoms with E-state index in [-0.39, 0.29) is 17.6 Å². The van der Waals surface area contributed by atoms with Crippen LogP contribution in [-0.2, 0) is 0 Å². The molecule has 4 heteroatoms. The van der Waals surface area contributed by atoms with Gasteiger partial charge < -0.3 is 5.73 Å². The largest absolute Gasteiger partial charge is 0.380 e. The van der Waals surface area contributed by atoms with Gasteiger partial charge in [-0.05, 0) is 18.8 Å². The van der Waals surface area contributed by atoms with Gasteiger partial charge in [0.25, 0.3) is 0 Å². The number of nitrogens with two attached hydrogens (primary N) is 1. The van der Waals surface area contributed by atoms with E-state index in [1.54, 1.807) is 0 Å². The monoisotopic (exact) mass is 199 g/mol. The van der Waals surface area contributed by atoms with Crippen molar-refractivity contribution in [1.82, 2.24) is 10.2 Å². The van der Waals surface area contributed by atoms with Crippen LogP contribution in [0.15, 0.2) is 0 Å². The first-order chi connectivity index (χ1) is 6.56. The maximum atomic E-state index is 13.4. The molecule has 14 heavy (non-hydrogen) atoms. The second-order valence-corrected chi connectivity index (χ2v) is 4.07. The van der Waals surface area contributed by atoms with Crippen molar-refractivity contribution in [3.05, 3.63) is 11.5 Å². The molecule has 0 aliphatic rings. The van der Waals surface area contributed by atoms with Crippen LogP contribution < -0.4 is 5.73 Å². The fourth-order valence-corrected chi connectivity index (χ4v) is 1.68. The van der Waals surface area contributed by atoms with E-state index in [0.717, 1.165) is 12.8 Å². The van der Waals surface area contributed by atoms with Gasteiger partial charge in [0, 0.05) is 5.92 Å². The smallest absolute Gasteiger partial charge is 0.188 e. The molecule has 0 amide bonds. The first-order valence-electron chi connectivity index (χ1n) is 5.05. The van der Waals surface area contributed by atoms with E-state index in [2.05, 4.69) is 24.0 Å². The molecule has 0 fully saturated rings. The Morgan fingerprint density at radius 1 is 1.50 bits per heavy atom. The zero-order chi connectivity index (χ0) is 10.7. The van der Waals surface area contributed by atoms with Gasteiger partial charge in [0.15, 0.2) is 11.6 Å².